The monoisotopic (exact) mass is 395 g/mol. The number of ketones is 1. The molecule has 0 bridgehead atoms. The Morgan fingerprint density at radius 2 is 1.70 bits per heavy atom. The predicted octanol–water partition coefficient (Wildman–Crippen LogP) is 5.62. The smallest absolute Gasteiger partial charge is 0.162 e. The molecule has 2 aromatic heterocycles. The van der Waals surface area contributed by atoms with E-state index in [2.05, 4.69) is 16.4 Å². The summed E-state index contributed by atoms with van der Waals surface area (Å²) in [5.41, 5.74) is 3.44. The average Bonchev–Trinajstić information content (AvgIpc) is 3.41. The largest absolute Gasteiger partial charge is 0.461 e. The minimum Gasteiger partial charge on any atom is -0.461 e. The van der Waals surface area contributed by atoms with Crippen molar-refractivity contribution < 1.29 is 9.21 Å². The van der Waals surface area contributed by atoms with Gasteiger partial charge in [-0.15, -0.1) is 5.10 Å². The van der Waals surface area contributed by atoms with Gasteiger partial charge in [0.25, 0.3) is 0 Å². The maximum Gasteiger partial charge on any atom is 0.162 e. The average molecular weight is 395 g/mol. The zero-order chi connectivity index (χ0) is 20.3. The number of aromatic nitrogens is 3. The third-order valence-corrected chi connectivity index (χ3v) is 5.48. The minimum atomic E-state index is 0.00942. The van der Waals surface area contributed by atoms with Crippen LogP contribution in [0.1, 0.15) is 34.9 Å². The first-order valence-corrected chi connectivity index (χ1v) is 10.1. The summed E-state index contributed by atoms with van der Waals surface area (Å²) < 4.78 is 8.06. The van der Waals surface area contributed by atoms with Crippen molar-refractivity contribution in [1.29, 1.82) is 0 Å². The molecular formula is C25H21N3O2. The zero-order valence-electron chi connectivity index (χ0n) is 16.4. The van der Waals surface area contributed by atoms with Gasteiger partial charge in [-0.1, -0.05) is 65.9 Å². The Morgan fingerprint density at radius 1 is 0.933 bits per heavy atom. The number of nitrogens with zero attached hydrogens (tertiary/aromatic N) is 3. The molecule has 5 rings (SSSR count). The normalized spacial score (nSPS) is 12.4. The van der Waals surface area contributed by atoms with Crippen LogP contribution in [0.2, 0.25) is 0 Å². The summed E-state index contributed by atoms with van der Waals surface area (Å²) in [6.07, 6.45) is 1.11. The lowest BCUT2D eigenvalue weighted by Crippen LogP contribution is -2.12. The van der Waals surface area contributed by atoms with Gasteiger partial charge >= 0.3 is 0 Å². The number of benzene rings is 3. The van der Waals surface area contributed by atoms with Gasteiger partial charge in [0.1, 0.15) is 16.9 Å². The third-order valence-electron chi connectivity index (χ3n) is 5.48. The van der Waals surface area contributed by atoms with Gasteiger partial charge in [0.2, 0.25) is 0 Å². The van der Waals surface area contributed by atoms with Crippen molar-refractivity contribution in [3.63, 3.8) is 0 Å². The van der Waals surface area contributed by atoms with Crippen molar-refractivity contribution >= 4 is 27.8 Å². The van der Waals surface area contributed by atoms with E-state index in [0.29, 0.717) is 19.4 Å². The molecule has 0 radical (unpaired) electrons. The maximum absolute atomic E-state index is 12.7. The summed E-state index contributed by atoms with van der Waals surface area (Å²) in [7, 11) is 0. The molecule has 1 atom stereocenters. The van der Waals surface area contributed by atoms with E-state index in [0.717, 1.165) is 33.3 Å². The first-order chi connectivity index (χ1) is 14.8. The summed E-state index contributed by atoms with van der Waals surface area (Å²) in [5.74, 6) is 1.02. The fraction of sp³-hybridized carbons (Fsp3) is 0.160. The molecule has 5 aromatic rings. The molecule has 2 heterocycles. The number of hydrogen-bond acceptors (Lipinski definition) is 4. The van der Waals surface area contributed by atoms with E-state index in [4.69, 9.17) is 4.42 Å². The second-order valence-corrected chi connectivity index (χ2v) is 7.47. The van der Waals surface area contributed by atoms with E-state index in [9.17, 15) is 4.79 Å². The fourth-order valence-electron chi connectivity index (χ4n) is 3.86. The molecule has 0 aliphatic carbocycles. The Labute approximate surface area is 173 Å². The number of carbonyl (C=O) groups excluding carboxylic acids is 1. The maximum atomic E-state index is 12.7. The van der Waals surface area contributed by atoms with Crippen LogP contribution in [0.3, 0.4) is 0 Å². The van der Waals surface area contributed by atoms with Crippen LogP contribution in [0.5, 0.6) is 0 Å². The van der Waals surface area contributed by atoms with Gasteiger partial charge in [-0.05, 0) is 30.7 Å². The Balaban J connectivity index is 1.44. The van der Waals surface area contributed by atoms with Crippen LogP contribution in [0, 0.1) is 0 Å². The second-order valence-electron chi connectivity index (χ2n) is 7.47. The van der Waals surface area contributed by atoms with E-state index < -0.39 is 0 Å². The third kappa shape index (κ3) is 3.62. The molecule has 0 fully saturated rings. The molecular weight excluding hydrogens is 374 g/mol. The highest BCUT2D eigenvalue weighted by molar-refractivity contribution is 5.96. The number of hydrogen-bond donors (Lipinski definition) is 0. The molecule has 0 saturated heterocycles. The minimum absolute atomic E-state index is 0.00942. The van der Waals surface area contributed by atoms with Gasteiger partial charge in [0.15, 0.2) is 5.78 Å². The van der Waals surface area contributed by atoms with Gasteiger partial charge in [-0.25, -0.2) is 4.68 Å². The number of Topliss-reactive ketones (excluding diaryl/α,β-unsaturated/α-hetero) is 1. The Morgan fingerprint density at radius 3 is 2.57 bits per heavy atom. The molecule has 1 unspecified atom stereocenters. The van der Waals surface area contributed by atoms with Gasteiger partial charge < -0.3 is 4.42 Å². The number of furan rings is 1. The summed E-state index contributed by atoms with van der Waals surface area (Å²) in [5, 5.41) is 9.67. The van der Waals surface area contributed by atoms with Gasteiger partial charge in [0, 0.05) is 23.3 Å². The highest BCUT2D eigenvalue weighted by atomic mass is 16.3. The molecule has 30 heavy (non-hydrogen) atoms. The van der Waals surface area contributed by atoms with Crippen LogP contribution in [-0.4, -0.2) is 20.8 Å². The van der Waals surface area contributed by atoms with Crippen LogP contribution >= 0.6 is 0 Å². The molecule has 0 spiro atoms. The van der Waals surface area contributed by atoms with Crippen LogP contribution in [0.4, 0.5) is 0 Å². The van der Waals surface area contributed by atoms with Crippen molar-refractivity contribution in [1.82, 2.24) is 15.0 Å². The lowest BCUT2D eigenvalue weighted by Gasteiger charge is -2.14. The highest BCUT2D eigenvalue weighted by Gasteiger charge is 2.21. The Kier molecular flexibility index (Phi) is 4.85. The molecule has 5 heteroatoms. The van der Waals surface area contributed by atoms with Crippen LogP contribution < -0.4 is 0 Å². The molecule has 0 saturated carbocycles. The topological polar surface area (TPSA) is 60.9 Å². The van der Waals surface area contributed by atoms with E-state index in [-0.39, 0.29) is 11.7 Å². The standard InChI is InChI=1S/C25H21N3O2/c29-23(18-8-2-1-3-9-18)15-14-20(25-16-19-10-4-7-13-24(19)30-25)17-28-22-12-6-5-11-21(22)26-27-28/h1-13,16,20H,14-15,17H2. The van der Waals surface area contributed by atoms with E-state index in [1.54, 1.807) is 0 Å². The number of carbonyl (C=O) groups is 1. The van der Waals surface area contributed by atoms with Gasteiger partial charge in [0.05, 0.1) is 12.1 Å². The van der Waals surface area contributed by atoms with E-state index in [1.807, 2.05) is 83.5 Å². The van der Waals surface area contributed by atoms with E-state index >= 15 is 0 Å². The molecule has 0 aliphatic heterocycles. The molecule has 5 nitrogen and oxygen atoms in total. The first-order valence-electron chi connectivity index (χ1n) is 10.1. The van der Waals surface area contributed by atoms with Gasteiger partial charge in [-0.3, -0.25) is 4.79 Å². The molecule has 148 valence electrons. The quantitative estimate of drug-likeness (QED) is 0.335. The van der Waals surface area contributed by atoms with Crippen molar-refractivity contribution in [3.05, 3.63) is 96.3 Å². The van der Waals surface area contributed by atoms with E-state index in [1.165, 1.54) is 0 Å². The molecule has 0 amide bonds. The highest BCUT2D eigenvalue weighted by Crippen LogP contribution is 2.30. The SMILES string of the molecule is O=C(CCC(Cn1nnc2ccccc21)c1cc2ccccc2o1)c1ccccc1. The molecule has 3 aromatic carbocycles. The van der Waals surface area contributed by atoms with Crippen LogP contribution in [0.15, 0.2) is 89.3 Å². The fourth-order valence-corrected chi connectivity index (χ4v) is 3.86. The zero-order valence-corrected chi connectivity index (χ0v) is 16.4. The number of fused-ring (bicyclic) bond motifs is 2. The Hall–Kier alpha value is -3.73. The summed E-state index contributed by atoms with van der Waals surface area (Å²) >= 11 is 0. The first kappa shape index (κ1) is 18.3. The summed E-state index contributed by atoms with van der Waals surface area (Å²) in [6.45, 7) is 0.600. The van der Waals surface area contributed by atoms with Crippen molar-refractivity contribution in [2.24, 2.45) is 0 Å². The molecule has 0 N–H and O–H groups in total. The van der Waals surface area contributed by atoms with Crippen LogP contribution in [-0.2, 0) is 6.54 Å². The lowest BCUT2D eigenvalue weighted by atomic mass is 9.96. The molecule has 0 aliphatic rings. The second kappa shape index (κ2) is 7.95. The van der Waals surface area contributed by atoms with Crippen molar-refractivity contribution in [2.75, 3.05) is 0 Å². The Bertz CT molecular complexity index is 1270. The summed E-state index contributed by atoms with van der Waals surface area (Å²) in [6, 6.07) is 27.4. The van der Waals surface area contributed by atoms with Crippen molar-refractivity contribution in [3.8, 4) is 0 Å². The van der Waals surface area contributed by atoms with Crippen LogP contribution in [0.25, 0.3) is 22.0 Å². The number of para-hydroxylation sites is 2. The van der Waals surface area contributed by atoms with Gasteiger partial charge in [-0.2, -0.15) is 0 Å². The summed E-state index contributed by atoms with van der Waals surface area (Å²) in [4.78, 5) is 12.7. The number of rotatable bonds is 7. The predicted molar refractivity (Wildman–Crippen MR) is 116 cm³/mol. The van der Waals surface area contributed by atoms with Crippen molar-refractivity contribution in [2.45, 2.75) is 25.3 Å². The lowest BCUT2D eigenvalue weighted by molar-refractivity contribution is 0.0975.